The van der Waals surface area contributed by atoms with Crippen LogP contribution < -0.4 is 9.80 Å². The minimum Gasteiger partial charge on any atom is -0.378 e. The zero-order chi connectivity index (χ0) is 25.7. The Bertz CT molecular complexity index is 1080. The Morgan fingerprint density at radius 2 is 1.47 bits per heavy atom. The van der Waals surface area contributed by atoms with Crippen molar-refractivity contribution in [2.45, 2.75) is 38.3 Å². The van der Waals surface area contributed by atoms with Gasteiger partial charge in [-0.2, -0.15) is 0 Å². The average molecular weight is 518 g/mol. The number of morpholine rings is 1. The third kappa shape index (κ3) is 6.00. The minimum atomic E-state index is 0.263. The van der Waals surface area contributed by atoms with Gasteiger partial charge in [0.05, 0.1) is 19.8 Å². The van der Waals surface area contributed by atoms with Crippen molar-refractivity contribution in [2.24, 2.45) is 0 Å². The Kier molecular flexibility index (Phi) is 8.14. The number of piperazine rings is 1. The standard InChI is InChI=1S/C31H43N5O2/c37-31-25-35(29-10-6-9-28(21-29)34-17-19-38-20-18-34)15-16-36(31)24-30(33-12-4-1-5-13-33)23-32-14-11-26-7-2-3-8-27(26)22-32/h2-3,6-10,21,30H,1,4-5,11-20,22-25H2. The number of carbonyl (C=O) groups is 1. The molecule has 0 spiro atoms. The molecule has 0 radical (unpaired) electrons. The summed E-state index contributed by atoms with van der Waals surface area (Å²) in [7, 11) is 0. The van der Waals surface area contributed by atoms with E-state index in [0.29, 0.717) is 12.6 Å². The fourth-order valence-corrected chi connectivity index (χ4v) is 6.66. The average Bonchev–Trinajstić information content (AvgIpc) is 2.98. The Hall–Kier alpha value is -2.61. The van der Waals surface area contributed by atoms with Crippen LogP contribution in [-0.4, -0.2) is 105 Å². The van der Waals surface area contributed by atoms with Gasteiger partial charge < -0.3 is 19.4 Å². The number of hydrogen-bond acceptors (Lipinski definition) is 6. The fourth-order valence-electron chi connectivity index (χ4n) is 6.66. The summed E-state index contributed by atoms with van der Waals surface area (Å²) in [6, 6.07) is 18.0. The van der Waals surface area contributed by atoms with E-state index < -0.39 is 0 Å². The Morgan fingerprint density at radius 1 is 0.711 bits per heavy atom. The van der Waals surface area contributed by atoms with Crippen molar-refractivity contribution in [3.05, 3.63) is 59.7 Å². The van der Waals surface area contributed by atoms with Gasteiger partial charge in [-0.25, -0.2) is 0 Å². The molecule has 4 aliphatic rings. The molecule has 4 aliphatic heterocycles. The monoisotopic (exact) mass is 517 g/mol. The van der Waals surface area contributed by atoms with Crippen molar-refractivity contribution in [1.82, 2.24) is 14.7 Å². The quantitative estimate of drug-likeness (QED) is 0.563. The lowest BCUT2D eigenvalue weighted by atomic mass is 9.99. The van der Waals surface area contributed by atoms with Crippen molar-refractivity contribution in [1.29, 1.82) is 0 Å². The van der Waals surface area contributed by atoms with Crippen LogP contribution >= 0.6 is 0 Å². The molecule has 1 amide bonds. The highest BCUT2D eigenvalue weighted by molar-refractivity contribution is 5.83. The van der Waals surface area contributed by atoms with Crippen LogP contribution in [-0.2, 0) is 22.5 Å². The predicted molar refractivity (Wildman–Crippen MR) is 153 cm³/mol. The molecule has 7 heteroatoms. The van der Waals surface area contributed by atoms with Gasteiger partial charge in [0, 0.05) is 69.8 Å². The van der Waals surface area contributed by atoms with Gasteiger partial charge in [0.2, 0.25) is 5.91 Å². The van der Waals surface area contributed by atoms with Crippen LogP contribution in [0.1, 0.15) is 30.4 Å². The second-order valence-electron chi connectivity index (χ2n) is 11.4. The third-order valence-electron chi connectivity index (χ3n) is 8.91. The molecule has 3 saturated heterocycles. The van der Waals surface area contributed by atoms with E-state index in [2.05, 4.69) is 73.0 Å². The number of carbonyl (C=O) groups excluding carboxylic acids is 1. The van der Waals surface area contributed by atoms with Crippen LogP contribution in [0.15, 0.2) is 48.5 Å². The first-order valence-electron chi connectivity index (χ1n) is 14.7. The second kappa shape index (κ2) is 12.1. The highest BCUT2D eigenvalue weighted by Gasteiger charge is 2.31. The van der Waals surface area contributed by atoms with Crippen LogP contribution in [0.25, 0.3) is 0 Å². The summed E-state index contributed by atoms with van der Waals surface area (Å²) >= 11 is 0. The molecule has 4 heterocycles. The summed E-state index contributed by atoms with van der Waals surface area (Å²) in [6.07, 6.45) is 5.02. The molecule has 204 valence electrons. The second-order valence-corrected chi connectivity index (χ2v) is 11.4. The number of piperidine rings is 1. The summed E-state index contributed by atoms with van der Waals surface area (Å²) in [4.78, 5) is 25.6. The van der Waals surface area contributed by atoms with Crippen LogP contribution in [0.3, 0.4) is 0 Å². The van der Waals surface area contributed by atoms with Gasteiger partial charge in [-0.05, 0) is 61.7 Å². The Balaban J connectivity index is 1.10. The third-order valence-corrected chi connectivity index (χ3v) is 8.91. The SMILES string of the molecule is O=C1CN(c2cccc(N3CCOCC3)c2)CCN1CC(CN1CCc2ccccc2C1)N1CCCCC1. The van der Waals surface area contributed by atoms with Crippen LogP contribution in [0.4, 0.5) is 11.4 Å². The lowest BCUT2D eigenvalue weighted by Crippen LogP contribution is -2.57. The first kappa shape index (κ1) is 25.7. The number of hydrogen-bond donors (Lipinski definition) is 0. The minimum absolute atomic E-state index is 0.263. The van der Waals surface area contributed by atoms with E-state index >= 15 is 0 Å². The van der Waals surface area contributed by atoms with Crippen molar-refractivity contribution in [2.75, 3.05) is 88.5 Å². The van der Waals surface area contributed by atoms with E-state index in [4.69, 9.17) is 4.74 Å². The smallest absolute Gasteiger partial charge is 0.242 e. The molecule has 7 nitrogen and oxygen atoms in total. The van der Waals surface area contributed by atoms with E-state index in [0.717, 1.165) is 90.8 Å². The fraction of sp³-hybridized carbons (Fsp3) is 0.581. The summed E-state index contributed by atoms with van der Waals surface area (Å²) in [6.45, 7) is 11.9. The molecule has 38 heavy (non-hydrogen) atoms. The van der Waals surface area contributed by atoms with Crippen molar-refractivity contribution in [3.8, 4) is 0 Å². The van der Waals surface area contributed by atoms with Crippen LogP contribution in [0.2, 0.25) is 0 Å². The summed E-state index contributed by atoms with van der Waals surface area (Å²) in [5.41, 5.74) is 5.36. The van der Waals surface area contributed by atoms with Gasteiger partial charge in [-0.15, -0.1) is 0 Å². The summed E-state index contributed by atoms with van der Waals surface area (Å²) < 4.78 is 5.52. The molecule has 1 unspecified atom stereocenters. The van der Waals surface area contributed by atoms with E-state index in [1.165, 1.54) is 36.1 Å². The molecule has 6 rings (SSSR count). The number of likely N-dealkylation sites (tertiary alicyclic amines) is 1. The zero-order valence-electron chi connectivity index (χ0n) is 22.8. The summed E-state index contributed by atoms with van der Waals surface area (Å²) in [5.74, 6) is 0.263. The highest BCUT2D eigenvalue weighted by Crippen LogP contribution is 2.26. The predicted octanol–water partition coefficient (Wildman–Crippen LogP) is 3.08. The molecule has 0 saturated carbocycles. The molecule has 0 N–H and O–H groups in total. The lowest BCUT2D eigenvalue weighted by molar-refractivity contribution is -0.132. The van der Waals surface area contributed by atoms with Gasteiger partial charge in [-0.3, -0.25) is 14.6 Å². The number of fused-ring (bicyclic) bond motifs is 1. The number of benzene rings is 2. The molecule has 2 aromatic rings. The Morgan fingerprint density at radius 3 is 2.26 bits per heavy atom. The number of ether oxygens (including phenoxy) is 1. The largest absolute Gasteiger partial charge is 0.378 e. The van der Waals surface area contributed by atoms with Gasteiger partial charge in [-0.1, -0.05) is 36.8 Å². The maximum absolute atomic E-state index is 13.5. The van der Waals surface area contributed by atoms with E-state index in [1.807, 2.05) is 0 Å². The van der Waals surface area contributed by atoms with Crippen molar-refractivity contribution < 1.29 is 9.53 Å². The molecular formula is C31H43N5O2. The van der Waals surface area contributed by atoms with Gasteiger partial charge in [0.25, 0.3) is 0 Å². The molecule has 2 aromatic carbocycles. The first-order chi connectivity index (χ1) is 18.7. The molecule has 0 aliphatic carbocycles. The maximum atomic E-state index is 13.5. The van der Waals surface area contributed by atoms with E-state index in [-0.39, 0.29) is 5.91 Å². The Labute approximate surface area is 227 Å². The topological polar surface area (TPSA) is 42.5 Å². The number of anilines is 2. The van der Waals surface area contributed by atoms with Crippen molar-refractivity contribution >= 4 is 17.3 Å². The molecular weight excluding hydrogens is 474 g/mol. The highest BCUT2D eigenvalue weighted by atomic mass is 16.5. The zero-order valence-corrected chi connectivity index (χ0v) is 22.8. The lowest BCUT2D eigenvalue weighted by Gasteiger charge is -2.43. The van der Waals surface area contributed by atoms with Gasteiger partial charge in [0.1, 0.15) is 0 Å². The molecule has 0 bridgehead atoms. The number of rotatable bonds is 7. The molecule has 0 aromatic heterocycles. The first-order valence-corrected chi connectivity index (χ1v) is 14.7. The number of nitrogens with zero attached hydrogens (tertiary/aromatic N) is 5. The van der Waals surface area contributed by atoms with E-state index in [9.17, 15) is 4.79 Å². The maximum Gasteiger partial charge on any atom is 0.242 e. The number of amides is 1. The normalized spacial score (nSPS) is 22.4. The van der Waals surface area contributed by atoms with E-state index in [1.54, 1.807) is 0 Å². The van der Waals surface area contributed by atoms with Crippen LogP contribution in [0.5, 0.6) is 0 Å². The van der Waals surface area contributed by atoms with Gasteiger partial charge >= 0.3 is 0 Å². The van der Waals surface area contributed by atoms with Crippen LogP contribution in [0, 0.1) is 0 Å². The molecule has 1 atom stereocenters. The van der Waals surface area contributed by atoms with Gasteiger partial charge in [0.15, 0.2) is 0 Å². The van der Waals surface area contributed by atoms with Crippen molar-refractivity contribution in [3.63, 3.8) is 0 Å². The molecule has 3 fully saturated rings. The summed E-state index contributed by atoms with van der Waals surface area (Å²) in [5, 5.41) is 0.